The number of benzene rings is 1. The van der Waals surface area contributed by atoms with Gasteiger partial charge in [-0.1, -0.05) is 11.6 Å². The molecule has 5 heteroatoms. The second-order valence-corrected chi connectivity index (χ2v) is 4.00. The number of fused-ring (bicyclic) bond motifs is 1. The molecule has 0 saturated carbocycles. The van der Waals surface area contributed by atoms with Crippen molar-refractivity contribution in [3.05, 3.63) is 26.4 Å². The lowest BCUT2D eigenvalue weighted by Crippen LogP contribution is -1.72. The predicted octanol–water partition coefficient (Wildman–Crippen LogP) is 3.64. The van der Waals surface area contributed by atoms with Crippen LogP contribution in [0.15, 0.2) is 16.6 Å². The van der Waals surface area contributed by atoms with Crippen LogP contribution in [0.3, 0.4) is 0 Å². The Morgan fingerprint density at radius 1 is 1.33 bits per heavy atom. The SMILES string of the molecule is S=c1[nH]c2ccc(Br)c(Cl)c2[nH]1. The molecule has 12 heavy (non-hydrogen) atoms. The van der Waals surface area contributed by atoms with Gasteiger partial charge in [0.15, 0.2) is 4.77 Å². The highest BCUT2D eigenvalue weighted by Gasteiger charge is 2.04. The van der Waals surface area contributed by atoms with Crippen molar-refractivity contribution in [2.75, 3.05) is 0 Å². The lowest BCUT2D eigenvalue weighted by molar-refractivity contribution is 1.30. The van der Waals surface area contributed by atoms with Gasteiger partial charge in [0.1, 0.15) is 0 Å². The number of rotatable bonds is 0. The zero-order valence-electron chi connectivity index (χ0n) is 5.82. The molecule has 62 valence electrons. The van der Waals surface area contributed by atoms with Gasteiger partial charge in [-0.3, -0.25) is 0 Å². The van der Waals surface area contributed by atoms with Gasteiger partial charge in [-0.05, 0) is 40.3 Å². The Balaban J connectivity index is 2.99. The van der Waals surface area contributed by atoms with Gasteiger partial charge in [0, 0.05) is 4.47 Å². The van der Waals surface area contributed by atoms with Gasteiger partial charge in [0.05, 0.1) is 16.1 Å². The van der Waals surface area contributed by atoms with E-state index in [4.69, 9.17) is 23.8 Å². The van der Waals surface area contributed by atoms with Gasteiger partial charge >= 0.3 is 0 Å². The highest BCUT2D eigenvalue weighted by molar-refractivity contribution is 9.10. The summed E-state index contributed by atoms with van der Waals surface area (Å²) in [6, 6.07) is 3.79. The van der Waals surface area contributed by atoms with Crippen LogP contribution in [0.25, 0.3) is 11.0 Å². The summed E-state index contributed by atoms with van der Waals surface area (Å²) in [6.45, 7) is 0. The number of aromatic amines is 2. The Labute approximate surface area is 87.1 Å². The number of aromatic nitrogens is 2. The summed E-state index contributed by atoms with van der Waals surface area (Å²) in [6.07, 6.45) is 0. The molecule has 2 aromatic rings. The van der Waals surface area contributed by atoms with E-state index < -0.39 is 0 Å². The fraction of sp³-hybridized carbons (Fsp3) is 0. The molecule has 0 aliphatic heterocycles. The highest BCUT2D eigenvalue weighted by atomic mass is 79.9. The summed E-state index contributed by atoms with van der Waals surface area (Å²) in [7, 11) is 0. The average molecular weight is 264 g/mol. The predicted molar refractivity (Wildman–Crippen MR) is 56.2 cm³/mol. The van der Waals surface area contributed by atoms with Gasteiger partial charge in [-0.15, -0.1) is 0 Å². The van der Waals surface area contributed by atoms with E-state index in [0.29, 0.717) is 9.79 Å². The molecule has 0 amide bonds. The normalized spacial score (nSPS) is 10.8. The van der Waals surface area contributed by atoms with Crippen molar-refractivity contribution in [3.8, 4) is 0 Å². The Kier molecular flexibility index (Phi) is 1.98. The number of halogens is 2. The van der Waals surface area contributed by atoms with Crippen LogP contribution >= 0.6 is 39.7 Å². The third kappa shape index (κ3) is 1.20. The third-order valence-corrected chi connectivity index (χ3v) is 3.07. The van der Waals surface area contributed by atoms with Crippen LogP contribution in [0.5, 0.6) is 0 Å². The minimum atomic E-state index is 0.588. The molecule has 0 unspecified atom stereocenters. The van der Waals surface area contributed by atoms with Gasteiger partial charge in [-0.2, -0.15) is 0 Å². The minimum absolute atomic E-state index is 0.588. The maximum absolute atomic E-state index is 5.99. The summed E-state index contributed by atoms with van der Waals surface area (Å²) in [5, 5.41) is 0.653. The summed E-state index contributed by atoms with van der Waals surface area (Å²) in [5.74, 6) is 0. The fourth-order valence-corrected chi connectivity index (χ4v) is 1.80. The van der Waals surface area contributed by atoms with Gasteiger partial charge < -0.3 is 9.97 Å². The molecule has 0 fully saturated rings. The molecule has 2 N–H and O–H groups in total. The van der Waals surface area contributed by atoms with Crippen molar-refractivity contribution in [3.63, 3.8) is 0 Å². The molecule has 1 aromatic carbocycles. The molecule has 0 spiro atoms. The molecule has 1 heterocycles. The monoisotopic (exact) mass is 262 g/mol. The smallest absolute Gasteiger partial charge is 0.175 e. The van der Waals surface area contributed by atoms with Crippen molar-refractivity contribution in [1.82, 2.24) is 9.97 Å². The molecule has 0 saturated heterocycles. The maximum Gasteiger partial charge on any atom is 0.175 e. The van der Waals surface area contributed by atoms with Crippen molar-refractivity contribution in [2.45, 2.75) is 0 Å². The largest absolute Gasteiger partial charge is 0.331 e. The second kappa shape index (κ2) is 2.87. The van der Waals surface area contributed by atoms with Gasteiger partial charge in [0.2, 0.25) is 0 Å². The number of nitrogens with one attached hydrogen (secondary N) is 2. The highest BCUT2D eigenvalue weighted by Crippen LogP contribution is 2.28. The van der Waals surface area contributed by atoms with Crippen molar-refractivity contribution in [2.24, 2.45) is 0 Å². The average Bonchev–Trinajstić information content (AvgIpc) is 2.39. The van der Waals surface area contributed by atoms with E-state index in [1.165, 1.54) is 0 Å². The number of H-pyrrole nitrogens is 2. The Morgan fingerprint density at radius 2 is 2.08 bits per heavy atom. The van der Waals surface area contributed by atoms with Crippen LogP contribution in [0.4, 0.5) is 0 Å². The lowest BCUT2D eigenvalue weighted by atomic mass is 10.3. The van der Waals surface area contributed by atoms with Gasteiger partial charge in [0.25, 0.3) is 0 Å². The standard InChI is InChI=1S/C7H4BrClN2S/c8-3-1-2-4-6(5(3)9)11-7(12)10-4/h1-2H,(H2,10,11,12). The molecule has 0 aliphatic rings. The van der Waals surface area contributed by atoms with E-state index in [0.717, 1.165) is 15.5 Å². The first kappa shape index (κ1) is 8.29. The number of hydrogen-bond acceptors (Lipinski definition) is 1. The number of hydrogen-bond donors (Lipinski definition) is 2. The van der Waals surface area contributed by atoms with Crippen molar-refractivity contribution < 1.29 is 0 Å². The second-order valence-electron chi connectivity index (χ2n) is 2.36. The molecule has 0 atom stereocenters. The number of imidazole rings is 1. The zero-order chi connectivity index (χ0) is 8.72. The molecule has 1 aromatic heterocycles. The van der Waals surface area contributed by atoms with E-state index in [9.17, 15) is 0 Å². The maximum atomic E-state index is 5.99. The fourth-order valence-electron chi connectivity index (χ4n) is 1.04. The van der Waals surface area contributed by atoms with E-state index in [-0.39, 0.29) is 0 Å². The third-order valence-electron chi connectivity index (χ3n) is 1.58. The van der Waals surface area contributed by atoms with Crippen LogP contribution in [0.2, 0.25) is 5.02 Å². The molecule has 2 nitrogen and oxygen atoms in total. The van der Waals surface area contributed by atoms with E-state index >= 15 is 0 Å². The summed E-state index contributed by atoms with van der Waals surface area (Å²) in [4.78, 5) is 5.95. The summed E-state index contributed by atoms with van der Waals surface area (Å²) < 4.78 is 1.45. The zero-order valence-corrected chi connectivity index (χ0v) is 8.98. The van der Waals surface area contributed by atoms with Gasteiger partial charge in [-0.25, -0.2) is 0 Å². The molecule has 2 rings (SSSR count). The topological polar surface area (TPSA) is 31.6 Å². The molecule has 0 radical (unpaired) electrons. The molecular formula is C7H4BrClN2S. The summed E-state index contributed by atoms with van der Waals surface area (Å²) >= 11 is 14.3. The van der Waals surface area contributed by atoms with Crippen LogP contribution in [-0.4, -0.2) is 9.97 Å². The minimum Gasteiger partial charge on any atom is -0.331 e. The molecular weight excluding hydrogens is 260 g/mol. The van der Waals surface area contributed by atoms with Crippen LogP contribution < -0.4 is 0 Å². The lowest BCUT2D eigenvalue weighted by Gasteiger charge is -1.94. The van der Waals surface area contributed by atoms with Crippen LogP contribution in [0, 0.1) is 4.77 Å². The van der Waals surface area contributed by atoms with Crippen LogP contribution in [-0.2, 0) is 0 Å². The Hall–Kier alpha value is -0.320. The van der Waals surface area contributed by atoms with Crippen molar-refractivity contribution >= 4 is 50.8 Å². The molecule has 0 aliphatic carbocycles. The Morgan fingerprint density at radius 3 is 2.83 bits per heavy atom. The van der Waals surface area contributed by atoms with E-state index in [2.05, 4.69) is 25.9 Å². The first-order chi connectivity index (χ1) is 5.68. The first-order valence-electron chi connectivity index (χ1n) is 3.24. The Bertz CT molecular complexity index is 488. The molecule has 0 bridgehead atoms. The quantitative estimate of drug-likeness (QED) is 0.699. The van der Waals surface area contributed by atoms with E-state index in [1.807, 2.05) is 12.1 Å². The van der Waals surface area contributed by atoms with Crippen LogP contribution in [0.1, 0.15) is 0 Å². The summed E-state index contributed by atoms with van der Waals surface area (Å²) in [5.41, 5.74) is 1.77. The van der Waals surface area contributed by atoms with Crippen molar-refractivity contribution in [1.29, 1.82) is 0 Å². The van der Waals surface area contributed by atoms with E-state index in [1.54, 1.807) is 0 Å². The first-order valence-corrected chi connectivity index (χ1v) is 4.82.